The maximum absolute atomic E-state index is 11.3. The number of nitrogens with zero attached hydrogens (tertiary/aromatic N) is 2. The lowest BCUT2D eigenvalue weighted by Gasteiger charge is -2.36. The summed E-state index contributed by atoms with van der Waals surface area (Å²) >= 11 is 0. The van der Waals surface area contributed by atoms with Gasteiger partial charge in [-0.1, -0.05) is 0 Å². The first kappa shape index (κ1) is 12.6. The minimum absolute atomic E-state index is 0.0625. The van der Waals surface area contributed by atoms with Crippen LogP contribution in [0.3, 0.4) is 0 Å². The third kappa shape index (κ3) is 3.32. The highest BCUT2D eigenvalue weighted by atomic mass is 16.4. The first-order valence-corrected chi connectivity index (χ1v) is 6.11. The van der Waals surface area contributed by atoms with Gasteiger partial charge in [0.1, 0.15) is 0 Å². The van der Waals surface area contributed by atoms with Gasteiger partial charge in [-0.05, 0) is 18.8 Å². The predicted molar refractivity (Wildman–Crippen MR) is 63.9 cm³/mol. The Morgan fingerprint density at radius 1 is 1.39 bits per heavy atom. The number of carboxylic acid groups (broad SMARTS) is 1. The van der Waals surface area contributed by atoms with E-state index in [-0.39, 0.29) is 18.7 Å². The molecule has 6 nitrogen and oxygen atoms in total. The number of rotatable bonds is 6. The molecule has 1 heterocycles. The summed E-state index contributed by atoms with van der Waals surface area (Å²) in [5, 5.41) is 11.2. The molecule has 2 rings (SSSR count). The van der Waals surface area contributed by atoms with Gasteiger partial charge in [0, 0.05) is 31.4 Å². The van der Waals surface area contributed by atoms with Crippen molar-refractivity contribution in [1.29, 1.82) is 0 Å². The van der Waals surface area contributed by atoms with Crippen molar-refractivity contribution in [1.82, 2.24) is 14.9 Å². The Labute approximate surface area is 105 Å². The van der Waals surface area contributed by atoms with Crippen molar-refractivity contribution in [3.63, 3.8) is 0 Å². The van der Waals surface area contributed by atoms with Crippen molar-refractivity contribution in [2.24, 2.45) is 5.92 Å². The molecule has 1 aliphatic carbocycles. The van der Waals surface area contributed by atoms with Crippen molar-refractivity contribution in [3.05, 3.63) is 18.7 Å². The predicted octanol–water partition coefficient (Wildman–Crippen LogP) is 0.815. The van der Waals surface area contributed by atoms with E-state index in [1.165, 1.54) is 0 Å². The highest BCUT2D eigenvalue weighted by Gasteiger charge is 2.30. The van der Waals surface area contributed by atoms with Crippen LogP contribution < -0.4 is 5.32 Å². The number of aliphatic carboxylic acids is 1. The van der Waals surface area contributed by atoms with E-state index in [0.717, 1.165) is 12.8 Å². The van der Waals surface area contributed by atoms with E-state index in [1.807, 2.05) is 12.5 Å². The molecule has 1 fully saturated rings. The lowest BCUT2D eigenvalue weighted by Crippen LogP contribution is -2.36. The Kier molecular flexibility index (Phi) is 3.96. The first-order valence-electron chi connectivity index (χ1n) is 6.11. The standard InChI is InChI=1S/C12H17N3O3/c16-11(1-2-12(17)18)14-7-9-5-10(6-9)15-4-3-13-8-15/h3-4,8-10H,1-2,5-7H2,(H,14,16)(H,17,18). The fourth-order valence-corrected chi connectivity index (χ4v) is 2.16. The molecule has 1 aromatic rings. The largest absolute Gasteiger partial charge is 0.481 e. The van der Waals surface area contributed by atoms with E-state index in [4.69, 9.17) is 5.11 Å². The Balaban J connectivity index is 1.60. The van der Waals surface area contributed by atoms with Gasteiger partial charge in [-0.3, -0.25) is 9.59 Å². The van der Waals surface area contributed by atoms with Gasteiger partial charge < -0.3 is 15.0 Å². The molecular formula is C12H17N3O3. The molecule has 0 bridgehead atoms. The van der Waals surface area contributed by atoms with Crippen LogP contribution in [0.15, 0.2) is 18.7 Å². The molecule has 0 aromatic carbocycles. The molecule has 1 aromatic heterocycles. The molecule has 6 heteroatoms. The van der Waals surface area contributed by atoms with Gasteiger partial charge in [0.2, 0.25) is 5.91 Å². The number of amides is 1. The molecule has 1 saturated carbocycles. The van der Waals surface area contributed by atoms with E-state index in [9.17, 15) is 9.59 Å². The van der Waals surface area contributed by atoms with Crippen LogP contribution >= 0.6 is 0 Å². The number of nitrogens with one attached hydrogen (secondary N) is 1. The topological polar surface area (TPSA) is 84.2 Å². The van der Waals surface area contributed by atoms with E-state index < -0.39 is 5.97 Å². The Bertz CT molecular complexity index is 410. The van der Waals surface area contributed by atoms with Crippen molar-refractivity contribution >= 4 is 11.9 Å². The molecule has 1 aliphatic rings. The molecular weight excluding hydrogens is 234 g/mol. The van der Waals surface area contributed by atoms with Crippen molar-refractivity contribution in [3.8, 4) is 0 Å². The van der Waals surface area contributed by atoms with Gasteiger partial charge in [-0.15, -0.1) is 0 Å². The third-order valence-corrected chi connectivity index (χ3v) is 3.31. The summed E-state index contributed by atoms with van der Waals surface area (Å²) in [6, 6.07) is 0.494. The van der Waals surface area contributed by atoms with Crippen LogP contribution in [-0.2, 0) is 9.59 Å². The second-order valence-corrected chi connectivity index (χ2v) is 4.70. The molecule has 0 saturated heterocycles. The van der Waals surface area contributed by atoms with Crippen LogP contribution in [0.5, 0.6) is 0 Å². The fraction of sp³-hybridized carbons (Fsp3) is 0.583. The number of carbonyl (C=O) groups is 2. The van der Waals surface area contributed by atoms with Crippen LogP contribution in [0.2, 0.25) is 0 Å². The normalized spacial score (nSPS) is 22.2. The lowest BCUT2D eigenvalue weighted by molar-refractivity contribution is -0.138. The average Bonchev–Trinajstić information content (AvgIpc) is 2.77. The number of hydrogen-bond donors (Lipinski definition) is 2. The molecule has 0 radical (unpaired) electrons. The summed E-state index contributed by atoms with van der Waals surface area (Å²) in [6.07, 6.45) is 7.56. The molecule has 98 valence electrons. The minimum Gasteiger partial charge on any atom is -0.481 e. The van der Waals surface area contributed by atoms with E-state index in [2.05, 4.69) is 14.9 Å². The quantitative estimate of drug-likeness (QED) is 0.783. The zero-order chi connectivity index (χ0) is 13.0. The number of aromatic nitrogens is 2. The van der Waals surface area contributed by atoms with Crippen LogP contribution in [0.25, 0.3) is 0 Å². The maximum atomic E-state index is 11.3. The lowest BCUT2D eigenvalue weighted by atomic mass is 9.80. The summed E-state index contributed by atoms with van der Waals surface area (Å²) in [7, 11) is 0. The molecule has 18 heavy (non-hydrogen) atoms. The Morgan fingerprint density at radius 3 is 2.78 bits per heavy atom. The first-order chi connectivity index (χ1) is 8.65. The zero-order valence-corrected chi connectivity index (χ0v) is 10.1. The number of hydrogen-bond acceptors (Lipinski definition) is 3. The molecule has 0 aliphatic heterocycles. The summed E-state index contributed by atoms with van der Waals surface area (Å²) in [5.74, 6) is -0.622. The van der Waals surface area contributed by atoms with Crippen molar-refractivity contribution in [2.45, 2.75) is 31.7 Å². The van der Waals surface area contributed by atoms with Crippen molar-refractivity contribution in [2.75, 3.05) is 6.54 Å². The van der Waals surface area contributed by atoms with E-state index in [0.29, 0.717) is 18.5 Å². The van der Waals surface area contributed by atoms with Gasteiger partial charge in [-0.25, -0.2) is 4.98 Å². The molecule has 1 amide bonds. The smallest absolute Gasteiger partial charge is 0.303 e. The summed E-state index contributed by atoms with van der Waals surface area (Å²) in [5.41, 5.74) is 0. The van der Waals surface area contributed by atoms with Gasteiger partial charge in [0.05, 0.1) is 12.7 Å². The average molecular weight is 251 g/mol. The number of imidazole rings is 1. The second-order valence-electron chi connectivity index (χ2n) is 4.70. The van der Waals surface area contributed by atoms with Crippen LogP contribution in [0, 0.1) is 5.92 Å². The highest BCUT2D eigenvalue weighted by Crippen LogP contribution is 2.36. The van der Waals surface area contributed by atoms with Gasteiger partial charge >= 0.3 is 5.97 Å². The monoisotopic (exact) mass is 251 g/mol. The van der Waals surface area contributed by atoms with Crippen LogP contribution in [0.1, 0.15) is 31.7 Å². The van der Waals surface area contributed by atoms with E-state index in [1.54, 1.807) is 6.20 Å². The molecule has 0 unspecified atom stereocenters. The fourth-order valence-electron chi connectivity index (χ4n) is 2.16. The van der Waals surface area contributed by atoms with Gasteiger partial charge in [0.15, 0.2) is 0 Å². The Hall–Kier alpha value is -1.85. The zero-order valence-electron chi connectivity index (χ0n) is 10.1. The third-order valence-electron chi connectivity index (χ3n) is 3.31. The SMILES string of the molecule is O=C(O)CCC(=O)NCC1CC(n2ccnc2)C1. The molecule has 0 spiro atoms. The van der Waals surface area contributed by atoms with E-state index >= 15 is 0 Å². The summed E-state index contributed by atoms with van der Waals surface area (Å²) < 4.78 is 2.09. The van der Waals surface area contributed by atoms with Gasteiger partial charge in [0.25, 0.3) is 0 Å². The summed E-state index contributed by atoms with van der Waals surface area (Å²) in [4.78, 5) is 25.6. The maximum Gasteiger partial charge on any atom is 0.303 e. The highest BCUT2D eigenvalue weighted by molar-refractivity contribution is 5.80. The number of carbonyl (C=O) groups excluding carboxylic acids is 1. The minimum atomic E-state index is -0.936. The molecule has 0 atom stereocenters. The van der Waals surface area contributed by atoms with Crippen LogP contribution in [0.4, 0.5) is 0 Å². The number of carboxylic acids is 1. The Morgan fingerprint density at radius 2 is 2.17 bits per heavy atom. The van der Waals surface area contributed by atoms with Gasteiger partial charge in [-0.2, -0.15) is 0 Å². The molecule has 2 N–H and O–H groups in total. The second kappa shape index (κ2) is 5.66. The van der Waals surface area contributed by atoms with Crippen LogP contribution in [-0.4, -0.2) is 33.1 Å². The van der Waals surface area contributed by atoms with Crippen molar-refractivity contribution < 1.29 is 14.7 Å². The summed E-state index contributed by atoms with van der Waals surface area (Å²) in [6.45, 7) is 0.643.